The number of carboxylic acid groups (broad SMARTS) is 1. The Morgan fingerprint density at radius 2 is 1.67 bits per heavy atom. The van der Waals surface area contributed by atoms with Gasteiger partial charge in [0, 0.05) is 33.8 Å². The van der Waals surface area contributed by atoms with Crippen LogP contribution in [-0.2, 0) is 21.2 Å². The van der Waals surface area contributed by atoms with Gasteiger partial charge in [0.2, 0.25) is 0 Å². The summed E-state index contributed by atoms with van der Waals surface area (Å²) in [4.78, 5) is 29.3. The standard InChI is InChI=1S/C25H28N4O6S/c1-17-7-13-20(14-8-17)36(33,34)29(4)22-6-5-15-26-23(22)27-21(24(30)31)16-18-9-11-19(12-10-18)35-25(32)28(2)3/h5-15,21H,16H2,1-4H3,(H,26,27)(H,30,31)/t21-/m0/s1. The van der Waals surface area contributed by atoms with Gasteiger partial charge in [0.15, 0.2) is 5.82 Å². The van der Waals surface area contributed by atoms with Gasteiger partial charge in [0.1, 0.15) is 11.8 Å². The van der Waals surface area contributed by atoms with Gasteiger partial charge in [0.25, 0.3) is 10.0 Å². The number of benzene rings is 2. The second-order valence-corrected chi connectivity index (χ2v) is 10.3. The average Bonchev–Trinajstić information content (AvgIpc) is 2.84. The van der Waals surface area contributed by atoms with Crippen LogP contribution in [0.4, 0.5) is 16.3 Å². The van der Waals surface area contributed by atoms with Gasteiger partial charge in [-0.2, -0.15) is 0 Å². The van der Waals surface area contributed by atoms with Crippen molar-refractivity contribution in [2.45, 2.75) is 24.3 Å². The molecular formula is C25H28N4O6S. The first-order valence-electron chi connectivity index (χ1n) is 11.0. The van der Waals surface area contributed by atoms with Gasteiger partial charge in [-0.1, -0.05) is 29.8 Å². The molecule has 0 aliphatic carbocycles. The first-order chi connectivity index (χ1) is 17.0. The molecule has 0 aliphatic rings. The van der Waals surface area contributed by atoms with Crippen molar-refractivity contribution in [1.29, 1.82) is 0 Å². The number of pyridine rings is 1. The summed E-state index contributed by atoms with van der Waals surface area (Å²) in [5, 5.41) is 12.7. The van der Waals surface area contributed by atoms with Gasteiger partial charge >= 0.3 is 12.1 Å². The van der Waals surface area contributed by atoms with Crippen molar-refractivity contribution in [3.63, 3.8) is 0 Å². The molecule has 3 aromatic rings. The molecule has 2 aromatic carbocycles. The van der Waals surface area contributed by atoms with Crippen LogP contribution < -0.4 is 14.4 Å². The Morgan fingerprint density at radius 3 is 2.25 bits per heavy atom. The van der Waals surface area contributed by atoms with E-state index in [0.29, 0.717) is 11.3 Å². The maximum absolute atomic E-state index is 13.2. The number of rotatable bonds is 9. The van der Waals surface area contributed by atoms with E-state index >= 15 is 0 Å². The monoisotopic (exact) mass is 512 g/mol. The summed E-state index contributed by atoms with van der Waals surface area (Å²) in [6.07, 6.45) is 0.993. The number of carboxylic acids is 1. The lowest BCUT2D eigenvalue weighted by atomic mass is 10.1. The normalized spacial score (nSPS) is 11.9. The zero-order valence-corrected chi connectivity index (χ0v) is 21.2. The minimum absolute atomic E-state index is 0.0711. The molecule has 1 aromatic heterocycles. The van der Waals surface area contributed by atoms with E-state index in [-0.39, 0.29) is 22.8 Å². The third-order valence-electron chi connectivity index (χ3n) is 5.35. The molecule has 3 rings (SSSR count). The summed E-state index contributed by atoms with van der Waals surface area (Å²) in [6, 6.07) is 14.9. The highest BCUT2D eigenvalue weighted by molar-refractivity contribution is 7.92. The molecule has 1 heterocycles. The van der Waals surface area contributed by atoms with Crippen LogP contribution in [-0.4, -0.2) is 62.7 Å². The topological polar surface area (TPSA) is 129 Å². The van der Waals surface area contributed by atoms with Crippen molar-refractivity contribution >= 4 is 33.6 Å². The number of hydrogen-bond donors (Lipinski definition) is 2. The lowest BCUT2D eigenvalue weighted by Crippen LogP contribution is -2.34. The van der Waals surface area contributed by atoms with E-state index in [9.17, 15) is 23.1 Å². The Balaban J connectivity index is 1.81. The third kappa shape index (κ3) is 6.30. The molecule has 10 nitrogen and oxygen atoms in total. The summed E-state index contributed by atoms with van der Waals surface area (Å²) < 4.78 is 32.6. The first-order valence-corrected chi connectivity index (χ1v) is 12.4. The number of anilines is 2. The van der Waals surface area contributed by atoms with E-state index in [2.05, 4.69) is 10.3 Å². The molecule has 36 heavy (non-hydrogen) atoms. The molecule has 1 atom stereocenters. The van der Waals surface area contributed by atoms with E-state index in [0.717, 1.165) is 9.87 Å². The smallest absolute Gasteiger partial charge is 0.414 e. The van der Waals surface area contributed by atoms with Gasteiger partial charge in [-0.15, -0.1) is 0 Å². The maximum Gasteiger partial charge on any atom is 0.414 e. The molecule has 0 saturated heterocycles. The minimum Gasteiger partial charge on any atom is -0.480 e. The van der Waals surface area contributed by atoms with Crippen molar-refractivity contribution in [3.8, 4) is 5.75 Å². The Hall–Kier alpha value is -4.12. The lowest BCUT2D eigenvalue weighted by Gasteiger charge is -2.24. The van der Waals surface area contributed by atoms with Crippen molar-refractivity contribution < 1.29 is 27.9 Å². The molecule has 0 spiro atoms. The van der Waals surface area contributed by atoms with Crippen LogP contribution >= 0.6 is 0 Å². The van der Waals surface area contributed by atoms with E-state index in [1.165, 1.54) is 30.3 Å². The van der Waals surface area contributed by atoms with Gasteiger partial charge in [-0.3, -0.25) is 4.31 Å². The number of amides is 1. The van der Waals surface area contributed by atoms with Gasteiger partial charge in [-0.05, 0) is 48.9 Å². The molecule has 11 heteroatoms. The molecule has 190 valence electrons. The van der Waals surface area contributed by atoms with E-state index in [4.69, 9.17) is 4.74 Å². The van der Waals surface area contributed by atoms with E-state index < -0.39 is 28.1 Å². The quantitative estimate of drug-likeness (QED) is 0.446. The zero-order chi connectivity index (χ0) is 26.5. The van der Waals surface area contributed by atoms with Crippen molar-refractivity contribution in [1.82, 2.24) is 9.88 Å². The highest BCUT2D eigenvalue weighted by atomic mass is 32.2. The molecule has 0 radical (unpaired) electrons. The fourth-order valence-electron chi connectivity index (χ4n) is 3.25. The van der Waals surface area contributed by atoms with Crippen LogP contribution in [0.1, 0.15) is 11.1 Å². The number of nitrogens with one attached hydrogen (secondary N) is 1. The average molecular weight is 513 g/mol. The molecule has 0 fully saturated rings. The van der Waals surface area contributed by atoms with Crippen LogP contribution in [0.2, 0.25) is 0 Å². The second-order valence-electron chi connectivity index (χ2n) is 8.30. The van der Waals surface area contributed by atoms with Crippen molar-refractivity contribution in [2.24, 2.45) is 0 Å². The van der Waals surface area contributed by atoms with Crippen LogP contribution in [0, 0.1) is 6.92 Å². The Kier molecular flexibility index (Phi) is 8.15. The minimum atomic E-state index is -3.91. The van der Waals surface area contributed by atoms with Gasteiger partial charge in [0.05, 0.1) is 10.6 Å². The van der Waals surface area contributed by atoms with Crippen LogP contribution in [0.15, 0.2) is 71.8 Å². The second kappa shape index (κ2) is 11.1. The summed E-state index contributed by atoms with van der Waals surface area (Å²) in [7, 11) is 0.613. The van der Waals surface area contributed by atoms with Gasteiger partial charge in [-0.25, -0.2) is 23.0 Å². The molecule has 0 bridgehead atoms. The number of aromatic nitrogens is 1. The van der Waals surface area contributed by atoms with Crippen LogP contribution in [0.5, 0.6) is 5.75 Å². The summed E-state index contributed by atoms with van der Waals surface area (Å²) in [5.74, 6) is -0.703. The molecule has 2 N–H and O–H groups in total. The van der Waals surface area contributed by atoms with Crippen molar-refractivity contribution in [3.05, 3.63) is 78.0 Å². The fourth-order valence-corrected chi connectivity index (χ4v) is 4.45. The Bertz CT molecular complexity index is 1330. The third-order valence-corrected chi connectivity index (χ3v) is 7.13. The van der Waals surface area contributed by atoms with E-state index in [1.807, 2.05) is 6.92 Å². The number of sulfonamides is 1. The maximum atomic E-state index is 13.2. The SMILES string of the molecule is Cc1ccc(S(=O)(=O)N(C)c2cccnc2N[C@@H](Cc2ccc(OC(=O)N(C)C)cc2)C(=O)O)cc1. The number of hydrogen-bond acceptors (Lipinski definition) is 7. The molecule has 0 unspecified atom stereocenters. The lowest BCUT2D eigenvalue weighted by molar-refractivity contribution is -0.137. The number of nitrogens with zero attached hydrogens (tertiary/aromatic N) is 3. The highest BCUT2D eigenvalue weighted by Gasteiger charge is 2.26. The van der Waals surface area contributed by atoms with Crippen LogP contribution in [0.25, 0.3) is 0 Å². The zero-order valence-electron chi connectivity index (χ0n) is 20.4. The molecule has 0 saturated carbocycles. The number of carbonyl (C=O) groups is 2. The molecule has 0 aliphatic heterocycles. The number of carbonyl (C=O) groups excluding carboxylic acids is 1. The summed E-state index contributed by atoms with van der Waals surface area (Å²) >= 11 is 0. The Labute approximate surface area is 210 Å². The van der Waals surface area contributed by atoms with Crippen LogP contribution in [0.3, 0.4) is 0 Å². The van der Waals surface area contributed by atoms with E-state index in [1.54, 1.807) is 62.6 Å². The highest BCUT2D eigenvalue weighted by Crippen LogP contribution is 2.28. The predicted molar refractivity (Wildman–Crippen MR) is 136 cm³/mol. The molecular weight excluding hydrogens is 484 g/mol. The predicted octanol–water partition coefficient (Wildman–Crippen LogP) is 3.38. The fraction of sp³-hybridized carbons (Fsp3) is 0.240. The van der Waals surface area contributed by atoms with Crippen molar-refractivity contribution in [2.75, 3.05) is 30.8 Å². The number of aliphatic carboxylic acids is 1. The Morgan fingerprint density at radius 1 is 1.03 bits per heavy atom. The largest absolute Gasteiger partial charge is 0.480 e. The first kappa shape index (κ1) is 26.5. The number of ether oxygens (including phenoxy) is 1. The summed E-state index contributed by atoms with van der Waals surface area (Å²) in [6.45, 7) is 1.86. The number of aryl methyl sites for hydroxylation is 1. The molecule has 1 amide bonds. The summed E-state index contributed by atoms with van der Waals surface area (Å²) in [5.41, 5.74) is 1.79. The van der Waals surface area contributed by atoms with Gasteiger partial charge < -0.3 is 20.1 Å².